The fourth-order valence-corrected chi connectivity index (χ4v) is 1.41. The molecule has 0 aliphatic heterocycles. The van der Waals surface area contributed by atoms with E-state index in [9.17, 15) is 31.5 Å². The Hall–Kier alpha value is -2.23. The van der Waals surface area contributed by atoms with Crippen molar-refractivity contribution >= 4 is 11.9 Å². The van der Waals surface area contributed by atoms with Gasteiger partial charge in [-0.1, -0.05) is 30.3 Å². The number of benzene rings is 1. The first-order valence-electron chi connectivity index (χ1n) is 7.50. The van der Waals surface area contributed by atoms with Crippen molar-refractivity contribution < 1.29 is 41.4 Å². The molecule has 0 aromatic heterocycles. The lowest BCUT2D eigenvalue weighted by Crippen LogP contribution is -2.48. The third-order valence-electron chi connectivity index (χ3n) is 2.96. The summed E-state index contributed by atoms with van der Waals surface area (Å²) < 4.78 is 64.6. The van der Waals surface area contributed by atoms with Gasteiger partial charge >= 0.3 is 18.1 Å². The van der Waals surface area contributed by atoms with Crippen molar-refractivity contribution in [1.29, 1.82) is 0 Å². The molecule has 148 valence electrons. The second-order valence-electron chi connectivity index (χ2n) is 5.04. The predicted molar refractivity (Wildman–Crippen MR) is 82.2 cm³/mol. The standard InChI is InChI=1S/C9H12F5NO3.C7H8O/c1-3-18-7(17)5(2)6(16)15-4-8(10,11)9(12,13)14;8-6-7-4-2-1-3-5-7/h5H,3-4H2,1-2H3,(H,15,16);1-5,8H,6H2. The zero-order chi connectivity index (χ0) is 20.4. The Morgan fingerprint density at radius 3 is 2.08 bits per heavy atom. The van der Waals surface area contributed by atoms with Crippen LogP contribution in [0.4, 0.5) is 22.0 Å². The van der Waals surface area contributed by atoms with E-state index in [1.165, 1.54) is 12.2 Å². The fourth-order valence-electron chi connectivity index (χ4n) is 1.41. The monoisotopic (exact) mass is 385 g/mol. The van der Waals surface area contributed by atoms with E-state index in [0.29, 0.717) is 0 Å². The van der Waals surface area contributed by atoms with Gasteiger partial charge in [-0.2, -0.15) is 22.0 Å². The van der Waals surface area contributed by atoms with Crippen LogP contribution in [0.3, 0.4) is 0 Å². The summed E-state index contributed by atoms with van der Waals surface area (Å²) in [5.74, 6) is -8.74. The fraction of sp³-hybridized carbons (Fsp3) is 0.500. The third-order valence-corrected chi connectivity index (χ3v) is 2.96. The number of halogens is 5. The molecule has 0 radical (unpaired) electrons. The summed E-state index contributed by atoms with van der Waals surface area (Å²) in [6, 6.07) is 9.52. The number of amides is 1. The molecule has 5 nitrogen and oxygen atoms in total. The maximum absolute atomic E-state index is 12.4. The Balaban J connectivity index is 0.000000642. The van der Waals surface area contributed by atoms with Crippen molar-refractivity contribution in [2.24, 2.45) is 5.92 Å². The van der Waals surface area contributed by atoms with Gasteiger partial charge in [-0.3, -0.25) is 9.59 Å². The number of hydrogen-bond donors (Lipinski definition) is 2. The summed E-state index contributed by atoms with van der Waals surface area (Å²) in [6.45, 7) is 0.689. The number of hydrogen-bond acceptors (Lipinski definition) is 4. The highest BCUT2D eigenvalue weighted by Gasteiger charge is 2.57. The van der Waals surface area contributed by atoms with Crippen molar-refractivity contribution in [1.82, 2.24) is 5.32 Å². The highest BCUT2D eigenvalue weighted by molar-refractivity contribution is 5.97. The number of esters is 1. The van der Waals surface area contributed by atoms with Crippen LogP contribution in [0.2, 0.25) is 0 Å². The zero-order valence-corrected chi connectivity index (χ0v) is 14.1. The molecule has 0 saturated heterocycles. The molecule has 1 atom stereocenters. The van der Waals surface area contributed by atoms with E-state index >= 15 is 0 Å². The Labute approximate surface area is 147 Å². The summed E-state index contributed by atoms with van der Waals surface area (Å²) in [5.41, 5.74) is 0.965. The number of ether oxygens (including phenoxy) is 1. The first-order chi connectivity index (χ1) is 12.0. The van der Waals surface area contributed by atoms with Gasteiger partial charge in [0.25, 0.3) is 0 Å². The van der Waals surface area contributed by atoms with E-state index < -0.39 is 36.4 Å². The second kappa shape index (κ2) is 10.7. The molecule has 0 aliphatic carbocycles. The molecule has 0 spiro atoms. The van der Waals surface area contributed by atoms with E-state index in [1.807, 2.05) is 30.3 Å². The molecule has 0 heterocycles. The van der Waals surface area contributed by atoms with Crippen LogP contribution in [-0.4, -0.2) is 42.2 Å². The summed E-state index contributed by atoms with van der Waals surface area (Å²) in [4.78, 5) is 22.1. The molecule has 0 saturated carbocycles. The van der Waals surface area contributed by atoms with Crippen molar-refractivity contribution in [2.75, 3.05) is 13.2 Å². The topological polar surface area (TPSA) is 75.6 Å². The molecule has 1 unspecified atom stereocenters. The van der Waals surface area contributed by atoms with Crippen LogP contribution < -0.4 is 5.32 Å². The Kier molecular flexibility index (Phi) is 9.77. The molecule has 0 fully saturated rings. The molecule has 1 aromatic rings. The largest absolute Gasteiger partial charge is 0.465 e. The van der Waals surface area contributed by atoms with Crippen LogP contribution in [0, 0.1) is 5.92 Å². The number of rotatable bonds is 6. The molecule has 10 heteroatoms. The Bertz CT molecular complexity index is 564. The maximum Gasteiger partial charge on any atom is 0.455 e. The maximum atomic E-state index is 12.4. The van der Waals surface area contributed by atoms with Gasteiger partial charge in [-0.25, -0.2) is 0 Å². The minimum Gasteiger partial charge on any atom is -0.465 e. The first-order valence-corrected chi connectivity index (χ1v) is 7.50. The van der Waals surface area contributed by atoms with Crippen LogP contribution in [-0.2, 0) is 20.9 Å². The summed E-state index contributed by atoms with van der Waals surface area (Å²) in [6.07, 6.45) is -5.76. The number of carbonyl (C=O) groups excluding carboxylic acids is 2. The van der Waals surface area contributed by atoms with Crippen molar-refractivity contribution in [3.8, 4) is 0 Å². The molecule has 0 bridgehead atoms. The average molecular weight is 385 g/mol. The Morgan fingerprint density at radius 1 is 1.15 bits per heavy atom. The van der Waals surface area contributed by atoms with E-state index in [-0.39, 0.29) is 13.2 Å². The lowest BCUT2D eigenvalue weighted by Gasteiger charge is -2.20. The van der Waals surface area contributed by atoms with E-state index in [4.69, 9.17) is 5.11 Å². The highest BCUT2D eigenvalue weighted by Crippen LogP contribution is 2.34. The number of alkyl halides is 5. The molecule has 1 aromatic carbocycles. The van der Waals surface area contributed by atoms with Crippen LogP contribution >= 0.6 is 0 Å². The SMILES string of the molecule is CCOC(=O)C(C)C(=O)NCC(F)(F)C(F)(F)F.OCc1ccccc1. The van der Waals surface area contributed by atoms with Gasteiger partial charge in [-0.05, 0) is 19.4 Å². The van der Waals surface area contributed by atoms with E-state index in [2.05, 4.69) is 4.74 Å². The van der Waals surface area contributed by atoms with Gasteiger partial charge in [0.1, 0.15) is 5.92 Å². The molecule has 0 aliphatic rings. The average Bonchev–Trinajstić information content (AvgIpc) is 2.59. The van der Waals surface area contributed by atoms with Crippen LogP contribution in [0.25, 0.3) is 0 Å². The summed E-state index contributed by atoms with van der Waals surface area (Å²) >= 11 is 0. The number of carbonyl (C=O) groups is 2. The molecular formula is C16H20F5NO4. The van der Waals surface area contributed by atoms with E-state index in [0.717, 1.165) is 12.5 Å². The zero-order valence-electron chi connectivity index (χ0n) is 14.1. The minimum atomic E-state index is -5.76. The Morgan fingerprint density at radius 2 is 1.69 bits per heavy atom. The van der Waals surface area contributed by atoms with Gasteiger partial charge in [0.05, 0.1) is 19.8 Å². The van der Waals surface area contributed by atoms with Gasteiger partial charge in [0.2, 0.25) is 5.91 Å². The van der Waals surface area contributed by atoms with Crippen LogP contribution in [0.1, 0.15) is 19.4 Å². The summed E-state index contributed by atoms with van der Waals surface area (Å²) in [5, 5.41) is 9.90. The van der Waals surface area contributed by atoms with E-state index in [1.54, 1.807) is 0 Å². The third kappa shape index (κ3) is 8.24. The van der Waals surface area contributed by atoms with Gasteiger partial charge in [0.15, 0.2) is 0 Å². The second-order valence-corrected chi connectivity index (χ2v) is 5.04. The lowest BCUT2D eigenvalue weighted by molar-refractivity contribution is -0.278. The molecule has 1 amide bonds. The van der Waals surface area contributed by atoms with Crippen LogP contribution in [0.5, 0.6) is 0 Å². The minimum absolute atomic E-state index is 0.0326. The number of aliphatic hydroxyl groups excluding tert-OH is 1. The molecule has 1 rings (SSSR count). The van der Waals surface area contributed by atoms with Gasteiger partial charge in [-0.15, -0.1) is 0 Å². The van der Waals surface area contributed by atoms with Gasteiger partial charge < -0.3 is 15.2 Å². The molecule has 2 N–H and O–H groups in total. The molecular weight excluding hydrogens is 365 g/mol. The van der Waals surface area contributed by atoms with Crippen molar-refractivity contribution in [3.63, 3.8) is 0 Å². The lowest BCUT2D eigenvalue weighted by atomic mass is 10.1. The van der Waals surface area contributed by atoms with Gasteiger partial charge in [0, 0.05) is 0 Å². The van der Waals surface area contributed by atoms with Crippen LogP contribution in [0.15, 0.2) is 30.3 Å². The predicted octanol–water partition coefficient (Wildman–Crippen LogP) is 2.68. The van der Waals surface area contributed by atoms with Crippen molar-refractivity contribution in [2.45, 2.75) is 32.6 Å². The number of nitrogens with one attached hydrogen (secondary N) is 1. The smallest absolute Gasteiger partial charge is 0.455 e. The quantitative estimate of drug-likeness (QED) is 0.449. The normalized spacial score (nSPS) is 12.5. The first kappa shape index (κ1) is 23.8. The molecule has 26 heavy (non-hydrogen) atoms. The van der Waals surface area contributed by atoms with Crippen molar-refractivity contribution in [3.05, 3.63) is 35.9 Å². The number of aliphatic hydroxyl groups is 1. The summed E-state index contributed by atoms with van der Waals surface area (Å²) in [7, 11) is 0. The highest BCUT2D eigenvalue weighted by atomic mass is 19.4.